The quantitative estimate of drug-likeness (QED) is 0.879. The van der Waals surface area contributed by atoms with Crippen LogP contribution in [-0.4, -0.2) is 24.2 Å². The summed E-state index contributed by atoms with van der Waals surface area (Å²) in [6.07, 6.45) is 2.23. The van der Waals surface area contributed by atoms with Crippen LogP contribution in [0.1, 0.15) is 30.1 Å². The molecule has 1 aliphatic heterocycles. The van der Waals surface area contributed by atoms with Gasteiger partial charge in [-0.1, -0.05) is 18.5 Å². The van der Waals surface area contributed by atoms with Crippen molar-refractivity contribution in [1.82, 2.24) is 0 Å². The van der Waals surface area contributed by atoms with Gasteiger partial charge in [0.1, 0.15) is 0 Å². The molecule has 17 heavy (non-hydrogen) atoms. The van der Waals surface area contributed by atoms with Crippen LogP contribution in [0.3, 0.4) is 0 Å². The Morgan fingerprint density at radius 2 is 2.06 bits per heavy atom. The van der Waals surface area contributed by atoms with Gasteiger partial charge >= 0.3 is 5.97 Å². The maximum absolute atomic E-state index is 11.2. The number of aromatic carboxylic acids is 1. The van der Waals surface area contributed by atoms with Gasteiger partial charge < -0.3 is 10.0 Å². The third-order valence-corrected chi connectivity index (χ3v) is 3.55. The molecule has 1 aromatic rings. The lowest BCUT2D eigenvalue weighted by atomic mass is 9.98. The Morgan fingerprint density at radius 3 is 2.65 bits per heavy atom. The minimum atomic E-state index is -0.916. The smallest absolute Gasteiger partial charge is 0.337 e. The molecular formula is C13H16ClNO2. The number of carboxylic acid groups (broad SMARTS) is 1. The molecule has 0 atom stereocenters. The van der Waals surface area contributed by atoms with Crippen LogP contribution in [0.4, 0.5) is 5.69 Å². The molecule has 1 fully saturated rings. The lowest BCUT2D eigenvalue weighted by Crippen LogP contribution is -2.33. The Bertz CT molecular complexity index is 425. The predicted octanol–water partition coefficient (Wildman–Crippen LogP) is 3.27. The van der Waals surface area contributed by atoms with Crippen LogP contribution in [0.5, 0.6) is 0 Å². The van der Waals surface area contributed by atoms with Crippen molar-refractivity contribution >= 4 is 23.3 Å². The van der Waals surface area contributed by atoms with E-state index in [4.69, 9.17) is 11.6 Å². The number of piperidine rings is 1. The highest BCUT2D eigenvalue weighted by Gasteiger charge is 2.20. The summed E-state index contributed by atoms with van der Waals surface area (Å²) < 4.78 is 0. The fraction of sp³-hybridized carbons (Fsp3) is 0.462. The standard InChI is InChI=1S/C13H16ClNO2/c1-9-4-6-15(7-5-9)12-3-2-10(14)8-11(12)13(16)17/h2-3,8-9H,4-7H2,1H3,(H,16,17). The van der Waals surface area contributed by atoms with Gasteiger partial charge in [0, 0.05) is 18.1 Å². The average Bonchev–Trinajstić information content (AvgIpc) is 2.30. The minimum Gasteiger partial charge on any atom is -0.478 e. The first-order valence-electron chi connectivity index (χ1n) is 5.85. The molecule has 0 aliphatic carbocycles. The summed E-state index contributed by atoms with van der Waals surface area (Å²) in [4.78, 5) is 13.3. The van der Waals surface area contributed by atoms with Crippen molar-refractivity contribution in [3.8, 4) is 0 Å². The van der Waals surface area contributed by atoms with Gasteiger partial charge in [-0.15, -0.1) is 0 Å². The number of rotatable bonds is 2. The zero-order chi connectivity index (χ0) is 12.4. The Hall–Kier alpha value is -1.22. The van der Waals surface area contributed by atoms with E-state index < -0.39 is 5.97 Å². The van der Waals surface area contributed by atoms with E-state index in [1.165, 1.54) is 6.07 Å². The molecule has 0 saturated carbocycles. The first kappa shape index (κ1) is 12.2. The van der Waals surface area contributed by atoms with E-state index in [1.807, 2.05) is 6.07 Å². The zero-order valence-electron chi connectivity index (χ0n) is 9.82. The summed E-state index contributed by atoms with van der Waals surface area (Å²) in [5.41, 5.74) is 1.08. The average molecular weight is 254 g/mol. The van der Waals surface area contributed by atoms with Crippen molar-refractivity contribution in [3.05, 3.63) is 28.8 Å². The summed E-state index contributed by atoms with van der Waals surface area (Å²) in [5.74, 6) is -0.187. The second-order valence-electron chi connectivity index (χ2n) is 4.64. The van der Waals surface area contributed by atoms with Gasteiger partial charge in [-0.2, -0.15) is 0 Å². The zero-order valence-corrected chi connectivity index (χ0v) is 10.6. The molecule has 0 spiro atoms. The Labute approximate surface area is 106 Å². The lowest BCUT2D eigenvalue weighted by molar-refractivity contribution is 0.0697. The number of anilines is 1. The summed E-state index contributed by atoms with van der Waals surface area (Å²) in [7, 11) is 0. The number of halogens is 1. The molecule has 92 valence electrons. The molecule has 1 aliphatic rings. The molecule has 2 rings (SSSR count). The van der Waals surface area contributed by atoms with Crippen molar-refractivity contribution in [2.45, 2.75) is 19.8 Å². The van der Waals surface area contributed by atoms with Gasteiger partial charge in [-0.05, 0) is 37.0 Å². The first-order chi connectivity index (χ1) is 8.08. The topological polar surface area (TPSA) is 40.5 Å². The highest BCUT2D eigenvalue weighted by Crippen LogP contribution is 2.28. The van der Waals surface area contributed by atoms with Crippen molar-refractivity contribution in [1.29, 1.82) is 0 Å². The summed E-state index contributed by atoms with van der Waals surface area (Å²) in [5, 5.41) is 9.66. The van der Waals surface area contributed by atoms with E-state index >= 15 is 0 Å². The normalized spacial score (nSPS) is 17.2. The van der Waals surface area contributed by atoms with E-state index in [2.05, 4.69) is 11.8 Å². The van der Waals surface area contributed by atoms with E-state index in [-0.39, 0.29) is 0 Å². The van der Waals surface area contributed by atoms with Crippen molar-refractivity contribution < 1.29 is 9.90 Å². The van der Waals surface area contributed by atoms with E-state index in [0.717, 1.165) is 37.5 Å². The van der Waals surface area contributed by atoms with Gasteiger partial charge in [-0.25, -0.2) is 4.79 Å². The maximum Gasteiger partial charge on any atom is 0.337 e. The van der Waals surface area contributed by atoms with Crippen LogP contribution in [0.25, 0.3) is 0 Å². The van der Waals surface area contributed by atoms with Gasteiger partial charge in [0.25, 0.3) is 0 Å². The molecule has 0 bridgehead atoms. The summed E-state index contributed by atoms with van der Waals surface area (Å²) in [6, 6.07) is 5.08. The van der Waals surface area contributed by atoms with Gasteiger partial charge in [-0.3, -0.25) is 0 Å². The minimum absolute atomic E-state index is 0.298. The monoisotopic (exact) mass is 253 g/mol. The third-order valence-electron chi connectivity index (χ3n) is 3.31. The molecule has 1 N–H and O–H groups in total. The molecule has 0 radical (unpaired) electrons. The molecule has 3 nitrogen and oxygen atoms in total. The number of benzene rings is 1. The van der Waals surface area contributed by atoms with Crippen LogP contribution in [0, 0.1) is 5.92 Å². The fourth-order valence-electron chi connectivity index (χ4n) is 2.20. The molecule has 0 amide bonds. The van der Waals surface area contributed by atoms with Gasteiger partial charge in [0.15, 0.2) is 0 Å². The molecule has 0 aromatic heterocycles. The highest BCUT2D eigenvalue weighted by molar-refractivity contribution is 6.31. The van der Waals surface area contributed by atoms with Crippen LogP contribution in [0.2, 0.25) is 5.02 Å². The van der Waals surface area contributed by atoms with Crippen LogP contribution in [-0.2, 0) is 0 Å². The van der Waals surface area contributed by atoms with Crippen LogP contribution >= 0.6 is 11.6 Å². The van der Waals surface area contributed by atoms with E-state index in [1.54, 1.807) is 6.07 Å². The Morgan fingerprint density at radius 1 is 1.41 bits per heavy atom. The number of carboxylic acids is 1. The van der Waals surface area contributed by atoms with Gasteiger partial charge in [0.05, 0.1) is 11.3 Å². The third kappa shape index (κ3) is 2.72. The number of hydrogen-bond donors (Lipinski definition) is 1. The van der Waals surface area contributed by atoms with E-state index in [9.17, 15) is 9.90 Å². The van der Waals surface area contributed by atoms with E-state index in [0.29, 0.717) is 10.6 Å². The first-order valence-corrected chi connectivity index (χ1v) is 6.23. The molecule has 1 heterocycles. The second kappa shape index (κ2) is 4.96. The SMILES string of the molecule is CC1CCN(c2ccc(Cl)cc2C(=O)O)CC1. The van der Waals surface area contributed by atoms with Crippen molar-refractivity contribution in [3.63, 3.8) is 0 Å². The second-order valence-corrected chi connectivity index (χ2v) is 5.07. The number of carbonyl (C=O) groups is 1. The van der Waals surface area contributed by atoms with Crippen molar-refractivity contribution in [2.75, 3.05) is 18.0 Å². The maximum atomic E-state index is 11.2. The summed E-state index contributed by atoms with van der Waals surface area (Å²) in [6.45, 7) is 4.07. The van der Waals surface area contributed by atoms with Crippen LogP contribution < -0.4 is 4.90 Å². The molecular weight excluding hydrogens is 238 g/mol. The predicted molar refractivity (Wildman–Crippen MR) is 69.0 cm³/mol. The Kier molecular flexibility index (Phi) is 3.57. The molecule has 1 aromatic carbocycles. The lowest BCUT2D eigenvalue weighted by Gasteiger charge is -2.33. The molecule has 0 unspecified atom stereocenters. The number of nitrogens with zero attached hydrogens (tertiary/aromatic N) is 1. The van der Waals surface area contributed by atoms with Gasteiger partial charge in [0.2, 0.25) is 0 Å². The Balaban J connectivity index is 2.28. The molecule has 4 heteroatoms. The summed E-state index contributed by atoms with van der Waals surface area (Å²) >= 11 is 5.84. The largest absolute Gasteiger partial charge is 0.478 e. The highest BCUT2D eigenvalue weighted by atomic mass is 35.5. The van der Waals surface area contributed by atoms with Crippen LogP contribution in [0.15, 0.2) is 18.2 Å². The van der Waals surface area contributed by atoms with Crippen molar-refractivity contribution in [2.24, 2.45) is 5.92 Å². The molecule has 1 saturated heterocycles. The fourth-order valence-corrected chi connectivity index (χ4v) is 2.38. The number of hydrogen-bond acceptors (Lipinski definition) is 2.